The molecule has 1 saturated carbocycles. The Labute approximate surface area is 120 Å². The minimum Gasteiger partial charge on any atom is -0.326 e. The highest BCUT2D eigenvalue weighted by molar-refractivity contribution is 9.10. The van der Waals surface area contributed by atoms with Crippen molar-refractivity contribution >= 4 is 51.8 Å². The molecule has 0 heterocycles. The average Bonchev–Trinajstić information content (AvgIpc) is 3.04. The van der Waals surface area contributed by atoms with Crippen molar-refractivity contribution in [3.8, 4) is 0 Å². The van der Waals surface area contributed by atoms with Gasteiger partial charge in [-0.2, -0.15) is 12.6 Å². The van der Waals surface area contributed by atoms with Crippen molar-refractivity contribution in [2.75, 3.05) is 11.1 Å². The summed E-state index contributed by atoms with van der Waals surface area (Å²) in [6.45, 7) is 0. The van der Waals surface area contributed by atoms with Gasteiger partial charge in [-0.05, 0) is 58.1 Å². The normalized spacial score (nSPS) is 16.6. The smallest absolute Gasteiger partial charge is 0.224 e. The van der Waals surface area contributed by atoms with E-state index in [1.54, 1.807) is 18.2 Å². The van der Waals surface area contributed by atoms with E-state index in [4.69, 9.17) is 11.6 Å². The van der Waals surface area contributed by atoms with Gasteiger partial charge in [-0.15, -0.1) is 0 Å². The van der Waals surface area contributed by atoms with Crippen LogP contribution in [0.15, 0.2) is 22.7 Å². The predicted molar refractivity (Wildman–Crippen MR) is 77.9 cm³/mol. The molecule has 5 heteroatoms. The molecule has 1 aliphatic carbocycles. The average molecular weight is 335 g/mol. The number of carbonyl (C=O) groups excluding carboxylic acids is 1. The summed E-state index contributed by atoms with van der Waals surface area (Å²) in [4.78, 5) is 11.8. The van der Waals surface area contributed by atoms with E-state index in [0.29, 0.717) is 11.4 Å². The molecule has 0 spiro atoms. The van der Waals surface area contributed by atoms with Crippen LogP contribution in [0.1, 0.15) is 19.3 Å². The molecular weight excluding hydrogens is 322 g/mol. The monoisotopic (exact) mass is 333 g/mol. The van der Waals surface area contributed by atoms with Gasteiger partial charge in [0.05, 0.1) is 5.02 Å². The second-order valence-electron chi connectivity index (χ2n) is 4.51. The van der Waals surface area contributed by atoms with E-state index in [2.05, 4.69) is 33.9 Å². The van der Waals surface area contributed by atoms with Gasteiger partial charge in [-0.25, -0.2) is 0 Å². The largest absolute Gasteiger partial charge is 0.326 e. The lowest BCUT2D eigenvalue weighted by Gasteiger charge is -2.12. The lowest BCUT2D eigenvalue weighted by molar-refractivity contribution is -0.117. The molecule has 2 nitrogen and oxygen atoms in total. The molecular formula is C12H13BrClNOS. The highest BCUT2D eigenvalue weighted by Crippen LogP contribution is 2.49. The Bertz CT molecular complexity index is 448. The Hall–Kier alpha value is -0.190. The lowest BCUT2D eigenvalue weighted by Crippen LogP contribution is -2.18. The van der Waals surface area contributed by atoms with Gasteiger partial charge >= 0.3 is 0 Å². The molecule has 1 aromatic rings. The summed E-state index contributed by atoms with van der Waals surface area (Å²) >= 11 is 13.5. The third-order valence-electron chi connectivity index (χ3n) is 3.03. The molecule has 0 saturated heterocycles. The van der Waals surface area contributed by atoms with E-state index >= 15 is 0 Å². The second-order valence-corrected chi connectivity index (χ2v) is 6.09. The molecule has 0 atom stereocenters. The van der Waals surface area contributed by atoms with Crippen LogP contribution in [0.4, 0.5) is 5.69 Å². The Morgan fingerprint density at radius 3 is 2.76 bits per heavy atom. The van der Waals surface area contributed by atoms with Crippen LogP contribution in [0.2, 0.25) is 5.02 Å². The highest BCUT2D eigenvalue weighted by Gasteiger charge is 2.42. The summed E-state index contributed by atoms with van der Waals surface area (Å²) in [6, 6.07) is 5.36. The Morgan fingerprint density at radius 1 is 1.53 bits per heavy atom. The van der Waals surface area contributed by atoms with Gasteiger partial charge in [0, 0.05) is 16.6 Å². The van der Waals surface area contributed by atoms with Crippen LogP contribution in [0.5, 0.6) is 0 Å². The number of anilines is 1. The predicted octanol–water partition coefficient (Wildman–Crippen LogP) is 4.14. The second kappa shape index (κ2) is 5.21. The maximum absolute atomic E-state index is 11.8. The number of carbonyl (C=O) groups is 1. The summed E-state index contributed by atoms with van der Waals surface area (Å²) in [5, 5.41) is 3.51. The fourth-order valence-corrected chi connectivity index (χ4v) is 2.61. The minimum atomic E-state index is 0.0470. The van der Waals surface area contributed by atoms with Crippen molar-refractivity contribution in [2.45, 2.75) is 19.3 Å². The molecule has 0 aliphatic heterocycles. The molecule has 92 valence electrons. The summed E-state index contributed by atoms with van der Waals surface area (Å²) in [5.74, 6) is 0.829. The number of benzene rings is 1. The first-order chi connectivity index (χ1) is 8.04. The van der Waals surface area contributed by atoms with Gasteiger partial charge in [0.1, 0.15) is 0 Å². The van der Waals surface area contributed by atoms with Crippen LogP contribution in [-0.2, 0) is 4.79 Å². The number of amides is 1. The minimum absolute atomic E-state index is 0.0470. The van der Waals surface area contributed by atoms with Gasteiger partial charge < -0.3 is 5.32 Å². The molecule has 0 bridgehead atoms. The lowest BCUT2D eigenvalue weighted by atomic mass is 10.1. The molecule has 1 aromatic carbocycles. The number of halogens is 2. The maximum Gasteiger partial charge on any atom is 0.224 e. The number of rotatable bonds is 4. The van der Waals surface area contributed by atoms with Crippen LogP contribution < -0.4 is 5.32 Å². The molecule has 2 rings (SSSR count). The number of nitrogens with one attached hydrogen (secondary N) is 1. The van der Waals surface area contributed by atoms with E-state index < -0.39 is 0 Å². The molecule has 1 aliphatic rings. The van der Waals surface area contributed by atoms with Gasteiger partial charge in [-0.3, -0.25) is 4.79 Å². The molecule has 1 fully saturated rings. The summed E-state index contributed by atoms with van der Waals surface area (Å²) in [7, 11) is 0. The third kappa shape index (κ3) is 3.39. The molecule has 1 amide bonds. The van der Waals surface area contributed by atoms with Crippen LogP contribution in [0.25, 0.3) is 0 Å². The third-order valence-corrected chi connectivity index (χ3v) is 4.92. The molecule has 0 aromatic heterocycles. The summed E-state index contributed by atoms with van der Waals surface area (Å²) in [6.07, 6.45) is 2.76. The first-order valence-electron chi connectivity index (χ1n) is 5.40. The van der Waals surface area contributed by atoms with Crippen molar-refractivity contribution in [3.05, 3.63) is 27.7 Å². The van der Waals surface area contributed by atoms with E-state index in [1.807, 2.05) is 0 Å². The van der Waals surface area contributed by atoms with Crippen molar-refractivity contribution < 1.29 is 4.79 Å². The van der Waals surface area contributed by atoms with Gasteiger partial charge in [0.15, 0.2) is 0 Å². The Morgan fingerprint density at radius 2 is 2.24 bits per heavy atom. The Kier molecular flexibility index (Phi) is 4.06. The van der Waals surface area contributed by atoms with Crippen LogP contribution in [0, 0.1) is 5.41 Å². The molecule has 0 radical (unpaired) electrons. The first-order valence-corrected chi connectivity index (χ1v) is 7.21. The number of hydrogen-bond acceptors (Lipinski definition) is 2. The van der Waals surface area contributed by atoms with Crippen molar-refractivity contribution in [1.29, 1.82) is 0 Å². The SMILES string of the molecule is O=C(CC1(CS)CC1)Nc1ccc(Cl)c(Br)c1. The standard InChI is InChI=1S/C12H13BrClNOS/c13-9-5-8(1-2-10(9)14)15-11(16)6-12(7-17)3-4-12/h1-2,5,17H,3-4,6-7H2,(H,15,16). The number of thiol groups is 1. The van der Waals surface area contributed by atoms with E-state index in [0.717, 1.165) is 28.8 Å². The van der Waals surface area contributed by atoms with E-state index in [-0.39, 0.29) is 11.3 Å². The van der Waals surface area contributed by atoms with E-state index in [1.165, 1.54) is 0 Å². The quantitative estimate of drug-likeness (QED) is 0.796. The Balaban J connectivity index is 1.96. The fraction of sp³-hybridized carbons (Fsp3) is 0.417. The van der Waals surface area contributed by atoms with Gasteiger partial charge in [0.2, 0.25) is 5.91 Å². The van der Waals surface area contributed by atoms with Crippen LogP contribution >= 0.6 is 40.2 Å². The fourth-order valence-electron chi connectivity index (χ4n) is 1.69. The maximum atomic E-state index is 11.8. The van der Waals surface area contributed by atoms with Gasteiger partial charge in [-0.1, -0.05) is 11.6 Å². The van der Waals surface area contributed by atoms with Gasteiger partial charge in [0.25, 0.3) is 0 Å². The van der Waals surface area contributed by atoms with Crippen LogP contribution in [-0.4, -0.2) is 11.7 Å². The van der Waals surface area contributed by atoms with E-state index in [9.17, 15) is 4.79 Å². The number of hydrogen-bond donors (Lipinski definition) is 2. The van der Waals surface area contributed by atoms with Crippen molar-refractivity contribution in [1.82, 2.24) is 0 Å². The summed E-state index contributed by atoms with van der Waals surface area (Å²) < 4.78 is 0.785. The summed E-state index contributed by atoms with van der Waals surface area (Å²) in [5.41, 5.74) is 0.915. The van der Waals surface area contributed by atoms with Crippen LogP contribution in [0.3, 0.4) is 0 Å². The molecule has 17 heavy (non-hydrogen) atoms. The molecule has 1 N–H and O–H groups in total. The first kappa shape index (κ1) is 13.2. The zero-order chi connectivity index (χ0) is 12.5. The zero-order valence-electron chi connectivity index (χ0n) is 9.17. The zero-order valence-corrected chi connectivity index (χ0v) is 12.4. The topological polar surface area (TPSA) is 29.1 Å². The molecule has 0 unspecified atom stereocenters. The van der Waals surface area contributed by atoms with Crippen molar-refractivity contribution in [2.24, 2.45) is 5.41 Å². The van der Waals surface area contributed by atoms with Crippen molar-refractivity contribution in [3.63, 3.8) is 0 Å². The highest BCUT2D eigenvalue weighted by atomic mass is 79.9.